The summed E-state index contributed by atoms with van der Waals surface area (Å²) in [6.45, 7) is 1.51. The molecule has 1 saturated heterocycles. The number of carbonyl (C=O) groups excluding carboxylic acids is 1. The first kappa shape index (κ1) is 36.9. The number of carbonyl (C=O) groups is 3. The fourth-order valence-electron chi connectivity index (χ4n) is 5.48. The zero-order valence-electron chi connectivity index (χ0n) is 25.5. The maximum absolute atomic E-state index is 15.3. The van der Waals surface area contributed by atoms with Gasteiger partial charge in [-0.15, -0.1) is 0 Å². The molecule has 3 aromatic carbocycles. The highest BCUT2D eigenvalue weighted by Crippen LogP contribution is 2.42. The zero-order valence-corrected chi connectivity index (χ0v) is 27.1. The molecule has 0 spiro atoms. The monoisotopic (exact) mass is 724 g/mol. The van der Waals surface area contributed by atoms with Crippen LogP contribution in [0.25, 0.3) is 10.8 Å². The van der Waals surface area contributed by atoms with Crippen LogP contribution in [0.2, 0.25) is 5.02 Å². The molecule has 1 amide bonds. The molecule has 1 aliphatic rings. The van der Waals surface area contributed by atoms with Gasteiger partial charge in [-0.05, 0) is 65.9 Å². The van der Waals surface area contributed by atoms with Gasteiger partial charge in [-0.3, -0.25) is 9.59 Å². The van der Waals surface area contributed by atoms with E-state index in [9.17, 15) is 36.3 Å². The molecule has 3 atom stereocenters. The number of hydrogen-bond donors (Lipinski definition) is 4. The summed E-state index contributed by atoms with van der Waals surface area (Å²) in [5.41, 5.74) is 6.60. The Hall–Kier alpha value is -4.96. The molecule has 260 valence electrons. The van der Waals surface area contributed by atoms with E-state index in [1.807, 2.05) is 0 Å². The number of hydrogen-bond acceptors (Lipinski definition) is 8. The van der Waals surface area contributed by atoms with Crippen molar-refractivity contribution < 1.29 is 50.6 Å². The molecule has 0 radical (unpaired) electrons. The molecule has 0 saturated carbocycles. The van der Waals surface area contributed by atoms with Crippen molar-refractivity contribution in [3.05, 3.63) is 94.9 Å². The van der Waals surface area contributed by atoms with E-state index in [4.69, 9.17) is 27.2 Å². The van der Waals surface area contributed by atoms with E-state index in [0.717, 1.165) is 11.5 Å². The number of carboxylic acid groups (broad SMARTS) is 2. The van der Waals surface area contributed by atoms with Crippen molar-refractivity contribution in [3.63, 3.8) is 0 Å². The number of carboxylic acids is 2. The van der Waals surface area contributed by atoms with Crippen LogP contribution in [0.5, 0.6) is 0 Å². The number of benzene rings is 3. The third-order valence-corrected chi connectivity index (χ3v) is 9.85. The number of amides is 1. The molecule has 11 nitrogen and oxygen atoms in total. The average molecular weight is 725 g/mol. The Balaban J connectivity index is 0.000000698. The number of nitrogen functional groups attached to an aromatic ring is 1. The number of halogens is 5. The van der Waals surface area contributed by atoms with Crippen molar-refractivity contribution in [2.45, 2.75) is 36.5 Å². The van der Waals surface area contributed by atoms with Gasteiger partial charge in [-0.25, -0.2) is 22.6 Å². The molecule has 5 N–H and O–H groups in total. The molecule has 5 rings (SSSR count). The summed E-state index contributed by atoms with van der Waals surface area (Å²) in [5.74, 6) is -6.22. The van der Waals surface area contributed by atoms with E-state index in [0.29, 0.717) is 16.9 Å². The minimum absolute atomic E-state index is 0.0151. The van der Waals surface area contributed by atoms with Gasteiger partial charge >= 0.3 is 18.1 Å². The molecule has 17 heteroatoms. The van der Waals surface area contributed by atoms with Crippen molar-refractivity contribution in [1.82, 2.24) is 9.88 Å². The average Bonchev–Trinajstić information content (AvgIpc) is 3.50. The van der Waals surface area contributed by atoms with Gasteiger partial charge in [0.05, 0.1) is 22.6 Å². The van der Waals surface area contributed by atoms with Crippen LogP contribution in [0.1, 0.15) is 36.6 Å². The molecule has 1 aromatic heterocycles. The molecule has 1 fully saturated rings. The first-order valence-electron chi connectivity index (χ1n) is 14.5. The van der Waals surface area contributed by atoms with Crippen LogP contribution in [0, 0.1) is 11.7 Å². The second-order valence-electron chi connectivity index (χ2n) is 10.8. The largest absolute Gasteiger partial charge is 0.490 e. The van der Waals surface area contributed by atoms with E-state index < -0.39 is 57.7 Å². The van der Waals surface area contributed by atoms with Gasteiger partial charge in [0.2, 0.25) is 5.91 Å². The van der Waals surface area contributed by atoms with E-state index >= 15 is 4.39 Å². The number of pyridine rings is 1. The Morgan fingerprint density at radius 1 is 1.08 bits per heavy atom. The molecular formula is C32H29ClF4N4O7S. The smallest absolute Gasteiger partial charge is 0.481 e. The van der Waals surface area contributed by atoms with Crippen LogP contribution in [-0.2, 0) is 24.2 Å². The first-order valence-corrected chi connectivity index (χ1v) is 16.5. The summed E-state index contributed by atoms with van der Waals surface area (Å²) in [6.07, 6.45) is -3.46. The Morgan fingerprint density at radius 3 is 2.39 bits per heavy atom. The predicted octanol–water partition coefficient (Wildman–Crippen LogP) is 5.86. The fourth-order valence-corrected chi connectivity index (χ4v) is 6.80. The Bertz CT molecular complexity index is 2010. The van der Waals surface area contributed by atoms with Crippen molar-refractivity contribution in [2.75, 3.05) is 23.3 Å². The number of likely N-dealkylation sites (tertiary alicyclic amines) is 1. The van der Waals surface area contributed by atoms with Gasteiger partial charge in [-0.1, -0.05) is 36.7 Å². The van der Waals surface area contributed by atoms with Crippen LogP contribution in [0.3, 0.4) is 0 Å². The molecule has 2 unspecified atom stereocenters. The van der Waals surface area contributed by atoms with Gasteiger partial charge in [-0.2, -0.15) is 13.2 Å². The lowest BCUT2D eigenvalue weighted by Gasteiger charge is -2.32. The molecule has 0 bridgehead atoms. The standard InChI is InChI=1S/C30H28ClFN4O5S.C2HF3O2/c1-2-42(40,41)25-6-4-3-5-21(25)27-22(30(38)39)12-14-36(27)29(37)26(23-16-18(31)7-10-24(23)32)35-19-8-9-20-17(15-19)11-13-34-28(20)33;3-2(4,5)1(6)7/h3-11,13,15-16,22,26-27,35H,2,12,14H2,1H3,(H2,33,34)(H,38,39);(H,6,7)/t22?,26-,27?;/m0./s1. The number of nitrogens with one attached hydrogen (secondary N) is 1. The number of rotatable bonds is 8. The Morgan fingerprint density at radius 2 is 1.76 bits per heavy atom. The first-order chi connectivity index (χ1) is 23.0. The van der Waals surface area contributed by atoms with Crippen molar-refractivity contribution >= 4 is 61.6 Å². The zero-order chi connectivity index (χ0) is 36.3. The van der Waals surface area contributed by atoms with Crippen LogP contribution < -0.4 is 11.1 Å². The molecule has 49 heavy (non-hydrogen) atoms. The Kier molecular flexibility index (Phi) is 11.0. The summed E-state index contributed by atoms with van der Waals surface area (Å²) in [5, 5.41) is 21.9. The Labute approximate surface area is 282 Å². The molecule has 4 aromatic rings. The van der Waals surface area contributed by atoms with Crippen molar-refractivity contribution in [3.8, 4) is 0 Å². The highest BCUT2D eigenvalue weighted by Gasteiger charge is 2.46. The summed E-state index contributed by atoms with van der Waals surface area (Å²) in [4.78, 5) is 41.0. The van der Waals surface area contributed by atoms with Gasteiger partial charge < -0.3 is 26.2 Å². The maximum atomic E-state index is 15.3. The van der Waals surface area contributed by atoms with E-state index in [1.54, 1.807) is 42.6 Å². The predicted molar refractivity (Wildman–Crippen MR) is 172 cm³/mol. The van der Waals surface area contributed by atoms with Crippen LogP contribution in [0.15, 0.2) is 77.8 Å². The molecular weight excluding hydrogens is 696 g/mol. The van der Waals surface area contributed by atoms with E-state index in [-0.39, 0.29) is 39.8 Å². The van der Waals surface area contributed by atoms with Gasteiger partial charge in [0.1, 0.15) is 17.7 Å². The molecule has 1 aliphatic heterocycles. The normalized spacial score (nSPS) is 16.8. The summed E-state index contributed by atoms with van der Waals surface area (Å²) in [6, 6.07) is 14.4. The lowest BCUT2D eigenvalue weighted by molar-refractivity contribution is -0.192. The number of aromatic nitrogens is 1. The summed E-state index contributed by atoms with van der Waals surface area (Å²) in [7, 11) is -3.76. The van der Waals surface area contributed by atoms with Crippen molar-refractivity contribution in [2.24, 2.45) is 5.92 Å². The highest BCUT2D eigenvalue weighted by atomic mass is 35.5. The van der Waals surface area contributed by atoms with Crippen molar-refractivity contribution in [1.29, 1.82) is 0 Å². The molecule has 0 aliphatic carbocycles. The second-order valence-corrected chi connectivity index (χ2v) is 13.5. The topological polar surface area (TPSA) is 180 Å². The van der Waals surface area contributed by atoms with Crippen LogP contribution in [0.4, 0.5) is 29.1 Å². The second kappa shape index (κ2) is 14.7. The molecule has 2 heterocycles. The summed E-state index contributed by atoms with van der Waals surface area (Å²) >= 11 is 6.22. The van der Waals surface area contributed by atoms with Gasteiger partial charge in [0, 0.05) is 34.4 Å². The van der Waals surface area contributed by atoms with E-state index in [1.165, 1.54) is 36.1 Å². The SMILES string of the molecule is CCS(=O)(=O)c1ccccc1C1C(C(=O)O)CCN1C(=O)[C@@H](Nc1ccc2c(N)nccc2c1)c1cc(Cl)ccc1F.O=C(O)C(F)(F)F. The minimum Gasteiger partial charge on any atom is -0.481 e. The summed E-state index contributed by atoms with van der Waals surface area (Å²) < 4.78 is 73.0. The third kappa shape index (κ3) is 8.20. The van der Waals surface area contributed by atoms with Crippen LogP contribution >= 0.6 is 11.6 Å². The van der Waals surface area contributed by atoms with Gasteiger partial charge in [0.15, 0.2) is 9.84 Å². The fraction of sp³-hybridized carbons (Fsp3) is 0.250. The number of fused-ring (bicyclic) bond motifs is 1. The van der Waals surface area contributed by atoms with Gasteiger partial charge in [0.25, 0.3) is 0 Å². The number of alkyl halides is 3. The third-order valence-electron chi connectivity index (χ3n) is 7.82. The number of anilines is 2. The number of nitrogens with two attached hydrogens (primary N) is 1. The number of nitrogens with zero attached hydrogens (tertiary/aromatic N) is 2. The number of sulfone groups is 1. The lowest BCUT2D eigenvalue weighted by Crippen LogP contribution is -2.40. The quantitative estimate of drug-likeness (QED) is 0.161. The highest BCUT2D eigenvalue weighted by molar-refractivity contribution is 7.91. The maximum Gasteiger partial charge on any atom is 0.490 e. The number of aliphatic carboxylic acids is 2. The van der Waals surface area contributed by atoms with Crippen LogP contribution in [-0.4, -0.2) is 64.8 Å². The minimum atomic E-state index is -5.08. The van der Waals surface area contributed by atoms with E-state index in [2.05, 4.69) is 10.3 Å². The lowest BCUT2D eigenvalue weighted by atomic mass is 9.93.